The Morgan fingerprint density at radius 3 is 2.48 bits per heavy atom. The molecule has 0 aliphatic carbocycles. The van der Waals surface area contributed by atoms with E-state index < -0.39 is 17.1 Å². The molecule has 0 radical (unpaired) electrons. The van der Waals surface area contributed by atoms with Gasteiger partial charge in [0.2, 0.25) is 5.91 Å². The summed E-state index contributed by atoms with van der Waals surface area (Å²) in [7, 11) is 0. The number of hydrogen-bond acceptors (Lipinski definition) is 6. The van der Waals surface area contributed by atoms with Crippen molar-refractivity contribution in [1.82, 2.24) is 4.90 Å². The molecule has 0 spiro atoms. The van der Waals surface area contributed by atoms with Gasteiger partial charge in [0.05, 0.1) is 15.1 Å². The fourth-order valence-corrected chi connectivity index (χ4v) is 5.68. The number of rotatable bonds is 9. The van der Waals surface area contributed by atoms with Crippen LogP contribution in [0.5, 0.6) is 11.5 Å². The quantitative estimate of drug-likeness (QED) is 0.152. The summed E-state index contributed by atoms with van der Waals surface area (Å²) >= 11 is 3.01. The van der Waals surface area contributed by atoms with Crippen LogP contribution in [0.1, 0.15) is 18.1 Å². The van der Waals surface area contributed by atoms with Crippen LogP contribution in [0.3, 0.4) is 0 Å². The summed E-state index contributed by atoms with van der Waals surface area (Å²) < 4.78 is 12.3. The summed E-state index contributed by atoms with van der Waals surface area (Å²) in [6, 6.07) is 26.9. The van der Waals surface area contributed by atoms with E-state index in [1.165, 1.54) is 5.39 Å². The molecule has 1 fully saturated rings. The van der Waals surface area contributed by atoms with E-state index in [1.807, 2.05) is 37.3 Å². The van der Waals surface area contributed by atoms with Gasteiger partial charge < -0.3 is 14.8 Å². The van der Waals surface area contributed by atoms with Gasteiger partial charge in [0.25, 0.3) is 11.1 Å². The van der Waals surface area contributed by atoms with Crippen molar-refractivity contribution in [2.75, 3.05) is 18.5 Å². The van der Waals surface area contributed by atoms with Crippen molar-refractivity contribution >= 4 is 73.9 Å². The van der Waals surface area contributed by atoms with E-state index in [0.29, 0.717) is 24.7 Å². The number of thioether (sulfide) groups is 1. The zero-order valence-electron chi connectivity index (χ0n) is 21.6. The zero-order chi connectivity index (χ0) is 28.1. The van der Waals surface area contributed by atoms with Crippen molar-refractivity contribution in [2.24, 2.45) is 0 Å². The van der Waals surface area contributed by atoms with E-state index in [0.717, 1.165) is 42.5 Å². The fourth-order valence-electron chi connectivity index (χ4n) is 4.15. The lowest BCUT2D eigenvalue weighted by molar-refractivity contribution is -0.127. The molecule has 1 aliphatic rings. The average Bonchev–Trinajstić information content (AvgIpc) is 3.20. The van der Waals surface area contributed by atoms with Crippen LogP contribution in [0, 0.1) is 3.57 Å². The van der Waals surface area contributed by atoms with Crippen LogP contribution in [0.25, 0.3) is 16.8 Å². The maximum Gasteiger partial charge on any atom is 0.294 e. The Kier molecular flexibility index (Phi) is 8.71. The van der Waals surface area contributed by atoms with Crippen LogP contribution in [0.4, 0.5) is 10.5 Å². The van der Waals surface area contributed by atoms with Gasteiger partial charge in [-0.15, -0.1) is 0 Å². The second-order valence-corrected chi connectivity index (χ2v) is 11.1. The van der Waals surface area contributed by atoms with E-state index in [-0.39, 0.29) is 11.4 Å². The van der Waals surface area contributed by atoms with Crippen LogP contribution in [0.2, 0.25) is 0 Å². The first-order valence-corrected chi connectivity index (χ1v) is 14.5. The molecule has 202 valence electrons. The van der Waals surface area contributed by atoms with Crippen molar-refractivity contribution in [3.05, 3.63) is 105 Å². The topological polar surface area (TPSA) is 84.9 Å². The Morgan fingerprint density at radius 2 is 1.73 bits per heavy atom. The van der Waals surface area contributed by atoms with E-state index in [4.69, 9.17) is 9.47 Å². The second kappa shape index (κ2) is 12.6. The van der Waals surface area contributed by atoms with Gasteiger partial charge in [-0.1, -0.05) is 42.5 Å². The number of nitrogens with one attached hydrogen (secondary N) is 1. The lowest BCUT2D eigenvalue weighted by Crippen LogP contribution is -2.36. The van der Waals surface area contributed by atoms with Gasteiger partial charge in [0, 0.05) is 5.69 Å². The molecule has 4 aromatic carbocycles. The largest absolute Gasteiger partial charge is 0.494 e. The van der Waals surface area contributed by atoms with Gasteiger partial charge in [0.15, 0.2) is 0 Å². The third-order valence-electron chi connectivity index (χ3n) is 6.09. The van der Waals surface area contributed by atoms with Gasteiger partial charge in [-0.2, -0.15) is 0 Å². The SMILES string of the molecule is CCOc1ccc(NC(=O)CN2C(=O)S/C(=C/c3ccc(OCc4ccc5ccccc5c4)c(I)c3)C2=O)cc1. The minimum Gasteiger partial charge on any atom is -0.494 e. The normalized spacial score (nSPS) is 14.2. The minimum absolute atomic E-state index is 0.263. The maximum absolute atomic E-state index is 12.9. The molecule has 0 atom stereocenters. The number of carbonyl (C=O) groups excluding carboxylic acids is 3. The molecular formula is C31H25IN2O5S. The van der Waals surface area contributed by atoms with Crippen molar-refractivity contribution in [1.29, 1.82) is 0 Å². The summed E-state index contributed by atoms with van der Waals surface area (Å²) in [5, 5.41) is 4.57. The lowest BCUT2D eigenvalue weighted by atomic mass is 10.1. The van der Waals surface area contributed by atoms with Gasteiger partial charge in [-0.3, -0.25) is 19.3 Å². The molecule has 1 heterocycles. The molecule has 1 N–H and O–H groups in total. The number of fused-ring (bicyclic) bond motifs is 1. The molecule has 0 aromatic heterocycles. The number of benzene rings is 4. The number of amides is 3. The highest BCUT2D eigenvalue weighted by Gasteiger charge is 2.36. The first kappa shape index (κ1) is 27.7. The number of imide groups is 1. The second-order valence-electron chi connectivity index (χ2n) is 8.93. The Balaban J connectivity index is 1.20. The molecule has 40 heavy (non-hydrogen) atoms. The summed E-state index contributed by atoms with van der Waals surface area (Å²) in [6.45, 7) is 2.49. The highest BCUT2D eigenvalue weighted by Crippen LogP contribution is 2.33. The van der Waals surface area contributed by atoms with Crippen molar-refractivity contribution in [3.63, 3.8) is 0 Å². The Hall–Kier alpha value is -3.83. The fraction of sp³-hybridized carbons (Fsp3) is 0.129. The van der Waals surface area contributed by atoms with Gasteiger partial charge in [-0.05, 0) is 112 Å². The van der Waals surface area contributed by atoms with Crippen molar-refractivity contribution < 1.29 is 23.9 Å². The molecule has 0 unspecified atom stereocenters. The molecule has 1 aliphatic heterocycles. The first-order valence-electron chi connectivity index (χ1n) is 12.6. The molecule has 7 nitrogen and oxygen atoms in total. The number of anilines is 1. The number of hydrogen-bond donors (Lipinski definition) is 1. The highest BCUT2D eigenvalue weighted by atomic mass is 127. The van der Waals surface area contributed by atoms with E-state index in [2.05, 4.69) is 58.2 Å². The predicted octanol–water partition coefficient (Wildman–Crippen LogP) is 7.10. The molecule has 0 saturated carbocycles. The van der Waals surface area contributed by atoms with Gasteiger partial charge in [-0.25, -0.2) is 0 Å². The predicted molar refractivity (Wildman–Crippen MR) is 166 cm³/mol. The summed E-state index contributed by atoms with van der Waals surface area (Å²) in [4.78, 5) is 39.2. The number of nitrogens with zero attached hydrogens (tertiary/aromatic N) is 1. The highest BCUT2D eigenvalue weighted by molar-refractivity contribution is 14.1. The molecule has 0 bridgehead atoms. The standard InChI is InChI=1S/C31H25IN2O5S/c1-2-38-25-12-10-24(11-13-25)33-29(35)18-34-30(36)28(40-31(34)37)17-20-8-14-27(26(32)16-20)39-19-21-7-9-22-5-3-4-6-23(22)15-21/h3-17H,2,18-19H2,1H3,(H,33,35)/b28-17+. The zero-order valence-corrected chi connectivity index (χ0v) is 24.5. The number of ether oxygens (including phenoxy) is 2. The molecule has 1 saturated heterocycles. The third-order valence-corrected chi connectivity index (χ3v) is 7.84. The van der Waals surface area contributed by atoms with Crippen molar-refractivity contribution in [3.8, 4) is 11.5 Å². The van der Waals surface area contributed by atoms with E-state index in [9.17, 15) is 14.4 Å². The molecule has 5 rings (SSSR count). The Bertz CT molecular complexity index is 1620. The number of halogens is 1. The maximum atomic E-state index is 12.9. The molecule has 4 aromatic rings. The van der Waals surface area contributed by atoms with Crippen LogP contribution in [0.15, 0.2) is 89.8 Å². The van der Waals surface area contributed by atoms with Crippen LogP contribution in [-0.4, -0.2) is 35.1 Å². The monoisotopic (exact) mass is 664 g/mol. The average molecular weight is 665 g/mol. The Morgan fingerprint density at radius 1 is 0.950 bits per heavy atom. The smallest absolute Gasteiger partial charge is 0.294 e. The lowest BCUT2D eigenvalue weighted by Gasteiger charge is -2.13. The third kappa shape index (κ3) is 6.65. The van der Waals surface area contributed by atoms with E-state index >= 15 is 0 Å². The van der Waals surface area contributed by atoms with E-state index in [1.54, 1.807) is 30.3 Å². The minimum atomic E-state index is -0.497. The Labute approximate surface area is 249 Å². The van der Waals surface area contributed by atoms with Crippen LogP contribution in [-0.2, 0) is 16.2 Å². The first-order chi connectivity index (χ1) is 19.4. The summed E-state index contributed by atoms with van der Waals surface area (Å²) in [5.74, 6) is 0.458. The van der Waals surface area contributed by atoms with Crippen LogP contribution < -0.4 is 14.8 Å². The van der Waals surface area contributed by atoms with Crippen molar-refractivity contribution in [2.45, 2.75) is 13.5 Å². The molecular weight excluding hydrogens is 639 g/mol. The summed E-state index contributed by atoms with van der Waals surface area (Å²) in [5.41, 5.74) is 2.37. The number of carbonyl (C=O) groups is 3. The van der Waals surface area contributed by atoms with Gasteiger partial charge in [0.1, 0.15) is 24.7 Å². The molecule has 3 amide bonds. The van der Waals surface area contributed by atoms with Gasteiger partial charge >= 0.3 is 0 Å². The summed E-state index contributed by atoms with van der Waals surface area (Å²) in [6.07, 6.45) is 1.66. The van der Waals surface area contributed by atoms with Crippen LogP contribution >= 0.6 is 34.4 Å². The molecule has 9 heteroatoms.